The Bertz CT molecular complexity index is 5290. The van der Waals surface area contributed by atoms with Gasteiger partial charge >= 0.3 is 0 Å². The summed E-state index contributed by atoms with van der Waals surface area (Å²) in [6.07, 6.45) is 10.2. The van der Waals surface area contributed by atoms with Gasteiger partial charge in [0.15, 0.2) is 0 Å². The molecule has 6 fully saturated rings. The zero-order valence-electron chi connectivity index (χ0n) is 93.5. The molecule has 800 valence electrons. The molecule has 4 unspecified atom stereocenters. The summed E-state index contributed by atoms with van der Waals surface area (Å²) in [5.74, 6) is 1.30. The number of hydrogen-bond donors (Lipinski definition) is 8. The fourth-order valence-corrected chi connectivity index (χ4v) is 16.3. The van der Waals surface area contributed by atoms with E-state index in [1.54, 1.807) is 7.11 Å². The van der Waals surface area contributed by atoms with Gasteiger partial charge in [0.25, 0.3) is 5.91 Å². The topological polar surface area (TPSA) is 289 Å². The first kappa shape index (κ1) is 122. The molecule has 6 heterocycles. The van der Waals surface area contributed by atoms with Gasteiger partial charge in [-0.05, 0) is 277 Å². The van der Waals surface area contributed by atoms with Gasteiger partial charge in [0.1, 0.15) is 6.10 Å². The molecule has 8 aromatic carbocycles. The molecule has 6 saturated heterocycles. The van der Waals surface area contributed by atoms with E-state index in [-0.39, 0.29) is 109 Å². The lowest BCUT2D eigenvalue weighted by molar-refractivity contribution is -0.125. The Hall–Kier alpha value is -10.8. The molecule has 0 spiro atoms. The number of ether oxygens (including phenoxy) is 5. The average molecular weight is 2010 g/mol. The highest BCUT2D eigenvalue weighted by Crippen LogP contribution is 2.34. The van der Waals surface area contributed by atoms with E-state index in [2.05, 4.69) is 276 Å². The molecule has 0 saturated carbocycles. The molecular weight excluding hydrogens is 1830 g/mol. The van der Waals surface area contributed by atoms with Crippen LogP contribution in [0.15, 0.2) is 194 Å². The van der Waals surface area contributed by atoms with Crippen LogP contribution in [0.5, 0.6) is 0 Å². The van der Waals surface area contributed by atoms with E-state index in [4.69, 9.17) is 23.7 Å². The van der Waals surface area contributed by atoms with Gasteiger partial charge in [-0.25, -0.2) is 0 Å². The number of rotatable bonds is 23. The van der Waals surface area contributed by atoms with Crippen LogP contribution < -0.4 is 42.5 Å². The number of amides is 8. The van der Waals surface area contributed by atoms with Gasteiger partial charge in [0.2, 0.25) is 41.4 Å². The number of nitrogens with one attached hydrogen (secondary N) is 8. The predicted octanol–water partition coefficient (Wildman–Crippen LogP) is 24.8. The number of likely N-dealkylation sites (tertiary alicyclic amines) is 2. The zero-order chi connectivity index (χ0) is 108. The quantitative estimate of drug-likeness (QED) is 0.0295. The minimum Gasteiger partial charge on any atom is -0.384 e. The van der Waals surface area contributed by atoms with Gasteiger partial charge in [-0.1, -0.05) is 270 Å². The van der Waals surface area contributed by atoms with Crippen molar-refractivity contribution in [3.63, 3.8) is 0 Å². The summed E-state index contributed by atoms with van der Waals surface area (Å²) in [6.45, 7) is 66.7. The van der Waals surface area contributed by atoms with Crippen molar-refractivity contribution in [2.75, 3.05) is 148 Å². The van der Waals surface area contributed by atoms with Crippen molar-refractivity contribution in [2.45, 2.75) is 313 Å². The molecule has 0 radical (unpaired) electrons. The predicted molar refractivity (Wildman–Crippen MR) is 602 cm³/mol. The number of nitrogens with zero attached hydrogens (tertiary/aromatic N) is 3. The van der Waals surface area contributed by atoms with Crippen LogP contribution in [-0.2, 0) is 94.5 Å². The van der Waals surface area contributed by atoms with Crippen molar-refractivity contribution in [3.8, 4) is 0 Å². The Balaban J connectivity index is 0.000000226. The molecule has 6 aliphatic heterocycles. The molecule has 8 N–H and O–H groups in total. The number of morpholine rings is 1. The molecule has 14 rings (SSSR count). The second-order valence-corrected chi connectivity index (χ2v) is 46.8. The number of anilines is 8. The first-order chi connectivity index (χ1) is 68.6. The van der Waals surface area contributed by atoms with E-state index in [1.165, 1.54) is 70.2 Å². The van der Waals surface area contributed by atoms with E-state index in [9.17, 15) is 38.4 Å². The highest BCUT2D eigenvalue weighted by Gasteiger charge is 2.30. The summed E-state index contributed by atoms with van der Waals surface area (Å²) >= 11 is 0. The van der Waals surface area contributed by atoms with Crippen LogP contribution in [-0.4, -0.2) is 186 Å². The number of carbonyl (C=O) groups is 8. The van der Waals surface area contributed by atoms with E-state index >= 15 is 0 Å². The van der Waals surface area contributed by atoms with Crippen LogP contribution in [0.4, 0.5) is 45.5 Å². The van der Waals surface area contributed by atoms with Crippen LogP contribution in [0.2, 0.25) is 0 Å². The van der Waals surface area contributed by atoms with Crippen LogP contribution >= 0.6 is 0 Å². The van der Waals surface area contributed by atoms with Gasteiger partial charge in [0.05, 0.1) is 70.4 Å². The maximum Gasteiger partial charge on any atom is 0.253 e. The lowest BCUT2D eigenvalue weighted by Crippen LogP contribution is -2.41. The molecule has 8 aromatic rings. The SMILES string of the molecule is CC(C)(C)C(=O)Nc1cccc(C(C)(C)C)c1.CC(C)(C)c1cccc(NC(=O)C2CCCO2)c1.CC(C)(C)c1cccc(NC(=O)C2CCOC2)c1.CC(C)(C)c1cccc(NC(=O)CN2CCCC2)c1.CC(C)(C)c1cccc(NC(=O)CN2CCOCC2)c1.CC(C)c1cccc(NC(=O)C(C)N2CCCC2)c1.CC(C)c1cccc(NC(=O)CC2CCCO2)c1.COCCC(=O)Nc1cccc(C(C)(C)C)c1. The molecule has 4 atom stereocenters. The third-order valence-electron chi connectivity index (χ3n) is 26.0. The Morgan fingerprint density at radius 3 is 1.04 bits per heavy atom. The first-order valence-corrected chi connectivity index (χ1v) is 52.9. The van der Waals surface area contributed by atoms with E-state index in [0.29, 0.717) is 77.4 Å². The Morgan fingerprint density at radius 2 is 0.685 bits per heavy atom. The highest BCUT2D eigenvalue weighted by molar-refractivity contribution is 5.97. The average Bonchev–Trinajstić information content (AvgIpc) is 0.965. The van der Waals surface area contributed by atoms with Crippen molar-refractivity contribution in [1.82, 2.24) is 14.7 Å². The number of hydrogen-bond acceptors (Lipinski definition) is 16. The lowest BCUT2D eigenvalue weighted by Gasteiger charge is -2.26. The summed E-state index contributed by atoms with van der Waals surface area (Å²) in [5, 5.41) is 23.7. The molecule has 8 amide bonds. The molecule has 0 bridgehead atoms. The van der Waals surface area contributed by atoms with Crippen molar-refractivity contribution >= 4 is 92.8 Å². The van der Waals surface area contributed by atoms with Gasteiger partial charge in [-0.15, -0.1) is 0 Å². The fraction of sp³-hybridized carbons (Fsp3) is 0.541. The summed E-state index contributed by atoms with van der Waals surface area (Å²) in [4.78, 5) is 102. The third-order valence-corrected chi connectivity index (χ3v) is 26.0. The Labute approximate surface area is 875 Å². The van der Waals surface area contributed by atoms with Gasteiger partial charge < -0.3 is 66.2 Å². The number of benzene rings is 8. The van der Waals surface area contributed by atoms with Crippen LogP contribution in [0.3, 0.4) is 0 Å². The molecule has 24 heteroatoms. The monoisotopic (exact) mass is 2010 g/mol. The fourth-order valence-electron chi connectivity index (χ4n) is 16.3. The molecule has 0 aliphatic carbocycles. The minimum absolute atomic E-state index is 0.00305. The summed E-state index contributed by atoms with van der Waals surface area (Å²) in [7, 11) is 1.59. The Kier molecular flexibility index (Phi) is 49.2. The number of carbonyl (C=O) groups excluding carboxylic acids is 8. The third kappa shape index (κ3) is 45.5. The van der Waals surface area contributed by atoms with Gasteiger partial charge in [0, 0.05) is 90.9 Å². The smallest absolute Gasteiger partial charge is 0.253 e. The van der Waals surface area contributed by atoms with Gasteiger partial charge in [-0.2, -0.15) is 0 Å². The largest absolute Gasteiger partial charge is 0.384 e. The van der Waals surface area contributed by atoms with Crippen molar-refractivity contribution in [3.05, 3.63) is 239 Å². The second kappa shape index (κ2) is 58.8. The van der Waals surface area contributed by atoms with Crippen molar-refractivity contribution in [1.29, 1.82) is 0 Å². The van der Waals surface area contributed by atoms with Crippen LogP contribution in [0, 0.1) is 11.3 Å². The molecule has 24 nitrogen and oxygen atoms in total. The summed E-state index contributed by atoms with van der Waals surface area (Å²) < 4.78 is 26.2. The molecular formula is C122H179N11O13. The van der Waals surface area contributed by atoms with Crippen molar-refractivity contribution in [2.24, 2.45) is 11.3 Å². The number of methoxy groups -OCH3 is 1. The molecule has 146 heavy (non-hydrogen) atoms. The summed E-state index contributed by atoms with van der Waals surface area (Å²) in [5.41, 5.74) is 17.0. The van der Waals surface area contributed by atoms with Crippen LogP contribution in [0.1, 0.15) is 307 Å². The minimum atomic E-state index is -0.363. The maximum absolute atomic E-state index is 12.2. The molecule has 6 aliphatic rings. The first-order valence-electron chi connectivity index (χ1n) is 52.9. The van der Waals surface area contributed by atoms with Crippen LogP contribution in [0.25, 0.3) is 0 Å². The maximum atomic E-state index is 12.2. The lowest BCUT2D eigenvalue weighted by atomic mass is 9.87. The van der Waals surface area contributed by atoms with E-state index in [1.807, 2.05) is 155 Å². The highest BCUT2D eigenvalue weighted by atomic mass is 16.5. The normalized spacial score (nSPS) is 16.8. The van der Waals surface area contributed by atoms with Gasteiger partial charge in [-0.3, -0.25) is 53.1 Å². The Morgan fingerprint density at radius 1 is 0.342 bits per heavy atom. The van der Waals surface area contributed by atoms with E-state index in [0.717, 1.165) is 123 Å². The van der Waals surface area contributed by atoms with E-state index < -0.39 is 0 Å². The summed E-state index contributed by atoms with van der Waals surface area (Å²) in [6, 6.07) is 64.4. The molecule has 0 aromatic heterocycles. The van der Waals surface area contributed by atoms with Crippen molar-refractivity contribution < 1.29 is 62.0 Å². The second-order valence-electron chi connectivity index (χ2n) is 46.8. The zero-order valence-corrected chi connectivity index (χ0v) is 93.5. The standard InChI is InChI=1S/C16H24N2O2.2C16H24N2O.3C15H21NO2.C15H23NO.C14H21NO2/c1-16(2,3)13-5-4-6-14(11-13)17-15(19)12-18-7-9-20-10-8-18;1-16(2,3)13-7-6-8-14(11-13)17-15(19)12-18-9-4-5-10-18;1-12(2)14-7-6-8-15(11-14)17-16(19)13(3)18-9-4-5-10-18;1-15(2,3)11-6-4-7-12(10-11)16-14(17)13-8-5-9-18-13;1-15(2,3)12-5-4-6-13(9-12)16-14(17)11-7-8-18-10-11;1-11(2)12-5-3-6-13(9-12)16-15(17)10-14-7-4-8-18-14;1-14(2,3)11-8-7-9-12(10-11)16-13(17)15(4,5)6;1-14(2,3)11-6-5-7-12(10-11)15-13(16)8-9-17-4/h4-6,11H,7-10,12H2,1-3H3,(H,17,19);6-8,11H,4-5,9-10,12H2,1-3H3,(H,17,19);6-8,11-13H,4-5,9-10H2,1-3H3,(H,17,19);4,6-7,10,13H,5,8-9H2,1-3H3,(H,16,17);4-6,9,11H,7-8,10H2,1-3H3,(H,16,17);3,5-6,9,11,14H,4,7-8,10H2,1-2H3,(H,16,17);7-10H,1-6H3,(H,16,17);5-7,10H,8-9H2,1-4H3,(H,15,16).